The highest BCUT2D eigenvalue weighted by atomic mass is 79.9. The number of rotatable bonds is 3. The Morgan fingerprint density at radius 2 is 2.55 bits per heavy atom. The molecule has 0 saturated carbocycles. The number of ether oxygens (including phenoxy) is 1. The minimum Gasteiger partial charge on any atom is -0.462 e. The van der Waals surface area contributed by atoms with E-state index in [-0.39, 0.29) is 6.61 Å². The first-order chi connectivity index (χ1) is 5.24. The zero-order valence-electron chi connectivity index (χ0n) is 5.54. The van der Waals surface area contributed by atoms with Gasteiger partial charge in [0.05, 0.1) is 14.4 Å². The lowest BCUT2D eigenvalue weighted by atomic mass is 10.4. The fraction of sp³-hybridized carbons (Fsp3) is 0.167. The first-order valence-corrected chi connectivity index (χ1v) is 4.44. The van der Waals surface area contributed by atoms with Gasteiger partial charge in [-0.05, 0) is 22.0 Å². The predicted octanol–water partition coefficient (Wildman–Crippen LogP) is 1.77. The summed E-state index contributed by atoms with van der Waals surface area (Å²) in [7, 11) is 0. The average Bonchev–Trinajstić information content (AvgIpc) is 2.26. The molecule has 5 heteroatoms. The Labute approximate surface area is 76.3 Å². The molecule has 0 aromatic carbocycles. The van der Waals surface area contributed by atoms with E-state index in [0.717, 1.165) is 8.66 Å². The maximum absolute atomic E-state index is 9.83. The fourth-order valence-electron chi connectivity index (χ4n) is 0.631. The SMILES string of the molecule is Nc1cc(Br)sc1COC=O. The number of thiophene rings is 1. The number of hydrogen-bond donors (Lipinski definition) is 1. The van der Waals surface area contributed by atoms with Gasteiger partial charge in [0.2, 0.25) is 0 Å². The van der Waals surface area contributed by atoms with Crippen molar-refractivity contribution in [3.8, 4) is 0 Å². The molecule has 60 valence electrons. The van der Waals surface area contributed by atoms with Crippen LogP contribution in [0.5, 0.6) is 0 Å². The molecule has 1 heterocycles. The number of halogens is 1. The largest absolute Gasteiger partial charge is 0.462 e. The third kappa shape index (κ3) is 2.20. The van der Waals surface area contributed by atoms with Crippen molar-refractivity contribution in [1.82, 2.24) is 0 Å². The molecule has 1 rings (SSSR count). The van der Waals surface area contributed by atoms with E-state index in [9.17, 15) is 4.79 Å². The molecule has 0 atom stereocenters. The van der Waals surface area contributed by atoms with Gasteiger partial charge in [0.25, 0.3) is 6.47 Å². The Bertz CT molecular complexity index is 261. The summed E-state index contributed by atoms with van der Waals surface area (Å²) in [6, 6.07) is 1.79. The number of nitrogens with two attached hydrogens (primary N) is 1. The molecule has 1 aromatic rings. The smallest absolute Gasteiger partial charge is 0.293 e. The molecule has 0 bridgehead atoms. The van der Waals surface area contributed by atoms with E-state index in [4.69, 9.17) is 5.73 Å². The summed E-state index contributed by atoms with van der Waals surface area (Å²) in [5.74, 6) is 0. The highest BCUT2D eigenvalue weighted by Gasteiger charge is 2.03. The van der Waals surface area contributed by atoms with E-state index in [2.05, 4.69) is 20.7 Å². The summed E-state index contributed by atoms with van der Waals surface area (Å²) < 4.78 is 5.49. The van der Waals surface area contributed by atoms with Crippen molar-refractivity contribution in [2.45, 2.75) is 6.61 Å². The molecule has 0 fully saturated rings. The molecule has 1 aromatic heterocycles. The second-order valence-electron chi connectivity index (χ2n) is 1.84. The zero-order valence-corrected chi connectivity index (χ0v) is 7.94. The standard InChI is InChI=1S/C6H6BrNO2S/c7-6-1-4(8)5(11-6)2-10-3-9/h1,3H,2,8H2. The molecule has 0 aliphatic rings. The van der Waals surface area contributed by atoms with Crippen molar-refractivity contribution in [3.63, 3.8) is 0 Å². The van der Waals surface area contributed by atoms with Gasteiger partial charge in [-0.2, -0.15) is 0 Å². The molecule has 0 spiro atoms. The van der Waals surface area contributed by atoms with Crippen molar-refractivity contribution >= 4 is 39.4 Å². The Kier molecular flexibility index (Phi) is 2.90. The minimum absolute atomic E-state index is 0.256. The number of carbonyl (C=O) groups is 1. The summed E-state index contributed by atoms with van der Waals surface area (Å²) in [6.45, 7) is 0.665. The molecule has 0 saturated heterocycles. The van der Waals surface area contributed by atoms with E-state index < -0.39 is 0 Å². The Hall–Kier alpha value is -0.550. The molecule has 11 heavy (non-hydrogen) atoms. The monoisotopic (exact) mass is 235 g/mol. The summed E-state index contributed by atoms with van der Waals surface area (Å²) in [4.78, 5) is 10.7. The van der Waals surface area contributed by atoms with Crippen molar-refractivity contribution in [3.05, 3.63) is 14.7 Å². The third-order valence-electron chi connectivity index (χ3n) is 1.09. The van der Waals surface area contributed by atoms with E-state index in [1.54, 1.807) is 6.07 Å². The molecule has 0 unspecified atom stereocenters. The van der Waals surface area contributed by atoms with Gasteiger partial charge in [-0.1, -0.05) is 0 Å². The van der Waals surface area contributed by atoms with E-state index in [1.807, 2.05) is 0 Å². The van der Waals surface area contributed by atoms with Crippen molar-refractivity contribution in [1.29, 1.82) is 0 Å². The van der Waals surface area contributed by atoms with Crippen molar-refractivity contribution in [2.75, 3.05) is 5.73 Å². The van der Waals surface area contributed by atoms with Crippen LogP contribution in [0.2, 0.25) is 0 Å². The Balaban J connectivity index is 2.69. The number of anilines is 1. The van der Waals surface area contributed by atoms with Gasteiger partial charge in [0.1, 0.15) is 6.61 Å². The maximum Gasteiger partial charge on any atom is 0.293 e. The van der Waals surface area contributed by atoms with Gasteiger partial charge in [-0.3, -0.25) is 4.79 Å². The minimum atomic E-state index is 0.256. The first-order valence-electron chi connectivity index (χ1n) is 2.83. The Morgan fingerprint density at radius 1 is 1.82 bits per heavy atom. The van der Waals surface area contributed by atoms with Gasteiger partial charge in [0.15, 0.2) is 0 Å². The second-order valence-corrected chi connectivity index (χ2v) is 4.35. The van der Waals surface area contributed by atoms with Crippen LogP contribution in [0.3, 0.4) is 0 Å². The third-order valence-corrected chi connectivity index (χ3v) is 2.72. The lowest BCUT2D eigenvalue weighted by molar-refractivity contribution is -0.129. The van der Waals surface area contributed by atoms with Crippen LogP contribution < -0.4 is 5.73 Å². The van der Waals surface area contributed by atoms with E-state index in [1.165, 1.54) is 11.3 Å². The molecule has 0 radical (unpaired) electrons. The number of hydrogen-bond acceptors (Lipinski definition) is 4. The predicted molar refractivity (Wildman–Crippen MR) is 47.3 cm³/mol. The van der Waals surface area contributed by atoms with Crippen LogP contribution in [0, 0.1) is 0 Å². The molecular formula is C6H6BrNO2S. The second kappa shape index (κ2) is 3.73. The highest BCUT2D eigenvalue weighted by Crippen LogP contribution is 2.29. The van der Waals surface area contributed by atoms with Gasteiger partial charge in [-0.15, -0.1) is 11.3 Å². The summed E-state index contributed by atoms with van der Waals surface area (Å²) in [6.07, 6.45) is 0. The van der Waals surface area contributed by atoms with Gasteiger partial charge in [-0.25, -0.2) is 0 Å². The van der Waals surface area contributed by atoms with Crippen molar-refractivity contribution in [2.24, 2.45) is 0 Å². The number of nitrogen functional groups attached to an aromatic ring is 1. The summed E-state index contributed by atoms with van der Waals surface area (Å²) in [5.41, 5.74) is 6.22. The summed E-state index contributed by atoms with van der Waals surface area (Å²) >= 11 is 4.73. The summed E-state index contributed by atoms with van der Waals surface area (Å²) in [5, 5.41) is 0. The zero-order chi connectivity index (χ0) is 8.27. The number of carbonyl (C=O) groups excluding carboxylic acids is 1. The Morgan fingerprint density at radius 3 is 3.00 bits per heavy atom. The molecule has 0 amide bonds. The molecule has 3 nitrogen and oxygen atoms in total. The average molecular weight is 236 g/mol. The van der Waals surface area contributed by atoms with Gasteiger partial charge >= 0.3 is 0 Å². The molecular weight excluding hydrogens is 230 g/mol. The van der Waals surface area contributed by atoms with E-state index >= 15 is 0 Å². The lowest BCUT2D eigenvalue weighted by Gasteiger charge is -1.94. The molecule has 0 aliphatic heterocycles. The van der Waals surface area contributed by atoms with Gasteiger partial charge < -0.3 is 10.5 Å². The topological polar surface area (TPSA) is 52.3 Å². The van der Waals surface area contributed by atoms with Crippen LogP contribution >= 0.6 is 27.3 Å². The fourth-order valence-corrected chi connectivity index (χ4v) is 2.19. The highest BCUT2D eigenvalue weighted by molar-refractivity contribution is 9.11. The quantitative estimate of drug-likeness (QED) is 0.813. The maximum atomic E-state index is 9.83. The van der Waals surface area contributed by atoms with Gasteiger partial charge in [0, 0.05) is 0 Å². The molecule has 0 aliphatic carbocycles. The van der Waals surface area contributed by atoms with Crippen molar-refractivity contribution < 1.29 is 9.53 Å². The van der Waals surface area contributed by atoms with Crippen LogP contribution in [0.25, 0.3) is 0 Å². The molecule has 2 N–H and O–H groups in total. The van der Waals surface area contributed by atoms with Crippen LogP contribution in [-0.4, -0.2) is 6.47 Å². The van der Waals surface area contributed by atoms with Crippen LogP contribution in [0.4, 0.5) is 5.69 Å². The van der Waals surface area contributed by atoms with Crippen LogP contribution in [-0.2, 0) is 16.1 Å². The van der Waals surface area contributed by atoms with E-state index in [0.29, 0.717) is 12.2 Å². The first kappa shape index (κ1) is 8.55. The van der Waals surface area contributed by atoms with Crippen LogP contribution in [0.15, 0.2) is 9.85 Å². The lowest BCUT2D eigenvalue weighted by Crippen LogP contribution is -1.91. The van der Waals surface area contributed by atoms with Crippen LogP contribution in [0.1, 0.15) is 4.88 Å². The normalized spacial score (nSPS) is 9.55.